The lowest BCUT2D eigenvalue weighted by molar-refractivity contribution is 0.998. The first-order chi connectivity index (χ1) is 27.3. The Bertz CT molecular complexity index is 3460. The summed E-state index contributed by atoms with van der Waals surface area (Å²) in [5, 5.41) is 10.4. The van der Waals surface area contributed by atoms with E-state index in [1.165, 1.54) is 116 Å². The van der Waals surface area contributed by atoms with Crippen LogP contribution in [0.5, 0.6) is 0 Å². The molecule has 0 N–H and O–H groups in total. The molecule has 2 heteroatoms. The molecule has 3 heterocycles. The van der Waals surface area contributed by atoms with E-state index in [4.69, 9.17) is 0 Å². The zero-order chi connectivity index (χ0) is 35.8. The van der Waals surface area contributed by atoms with E-state index < -0.39 is 0 Å². The number of para-hydroxylation sites is 3. The van der Waals surface area contributed by atoms with Gasteiger partial charge in [-0.25, -0.2) is 0 Å². The summed E-state index contributed by atoms with van der Waals surface area (Å²) < 4.78 is 5.14. The van der Waals surface area contributed by atoms with Crippen molar-refractivity contribution >= 4 is 76.2 Å². The van der Waals surface area contributed by atoms with Crippen LogP contribution in [0.15, 0.2) is 182 Å². The molecule has 55 heavy (non-hydrogen) atoms. The standard InChI is InChI=1S/C53H34N2/c1-2-14-32(15-3-1)37-17-4-5-18-38(37)34-28-35(39-23-12-16-33-31-46(33)39)30-36(29-34)54-48-27-11-9-22-44(48)49-50-45-25-13-24-41-40-19-8-10-26-47(40)55(51(41)45)53(50)43-21-7-6-20-42(43)52(49)54/h1-30,33,46H,31H2. The van der Waals surface area contributed by atoms with Crippen molar-refractivity contribution < 1.29 is 0 Å². The third kappa shape index (κ3) is 3.98. The Kier molecular flexibility index (Phi) is 5.82. The lowest BCUT2D eigenvalue weighted by Crippen LogP contribution is -2.00. The summed E-state index contributed by atoms with van der Waals surface area (Å²) in [5.74, 6) is 1.24. The summed E-state index contributed by atoms with van der Waals surface area (Å²) in [6.45, 7) is 0. The third-order valence-corrected chi connectivity index (χ3v) is 12.7. The van der Waals surface area contributed by atoms with Gasteiger partial charge in [-0.05, 0) is 82.0 Å². The second-order valence-electron chi connectivity index (χ2n) is 15.6. The molecule has 0 bridgehead atoms. The molecule has 8 aromatic carbocycles. The van der Waals surface area contributed by atoms with Crippen LogP contribution in [0.25, 0.3) is 104 Å². The second kappa shape index (κ2) is 10.8. The van der Waals surface area contributed by atoms with Crippen molar-refractivity contribution in [2.24, 2.45) is 11.8 Å². The maximum absolute atomic E-state index is 2.58. The lowest BCUT2D eigenvalue weighted by atomic mass is 9.90. The van der Waals surface area contributed by atoms with Crippen LogP contribution in [0.2, 0.25) is 0 Å². The van der Waals surface area contributed by atoms with Crippen LogP contribution in [0, 0.1) is 11.8 Å². The number of allylic oxidation sites excluding steroid dienone is 4. The summed E-state index contributed by atoms with van der Waals surface area (Å²) in [7, 11) is 0. The zero-order valence-corrected chi connectivity index (χ0v) is 30.1. The van der Waals surface area contributed by atoms with E-state index in [1.807, 2.05) is 0 Å². The van der Waals surface area contributed by atoms with E-state index in [-0.39, 0.29) is 0 Å². The van der Waals surface area contributed by atoms with Gasteiger partial charge in [0, 0.05) is 48.8 Å². The molecule has 256 valence electrons. The maximum Gasteiger partial charge on any atom is 0.0627 e. The summed E-state index contributed by atoms with van der Waals surface area (Å²) in [4.78, 5) is 0. The lowest BCUT2D eigenvalue weighted by Gasteiger charge is -2.18. The SMILES string of the molecule is C1=CC2CC2C(c2cc(-c3ccccc3-c3ccccc3)cc(-n3c4ccccc4c4c5c6cccc7c8ccccc8n(c76)c5c5ccccc5c43)c2)=C1. The van der Waals surface area contributed by atoms with Gasteiger partial charge < -0.3 is 8.97 Å². The summed E-state index contributed by atoms with van der Waals surface area (Å²) >= 11 is 0. The van der Waals surface area contributed by atoms with E-state index in [0.717, 1.165) is 0 Å². The van der Waals surface area contributed by atoms with E-state index >= 15 is 0 Å². The summed E-state index contributed by atoms with van der Waals surface area (Å²) in [6, 6.07) is 61.1. The van der Waals surface area contributed by atoms with Gasteiger partial charge in [-0.3, -0.25) is 0 Å². The smallest absolute Gasteiger partial charge is 0.0627 e. The van der Waals surface area contributed by atoms with E-state index in [9.17, 15) is 0 Å². The van der Waals surface area contributed by atoms with Crippen molar-refractivity contribution in [1.82, 2.24) is 8.97 Å². The predicted octanol–water partition coefficient (Wildman–Crippen LogP) is 14.0. The average molecular weight is 699 g/mol. The van der Waals surface area contributed by atoms with Crippen LogP contribution in [0.3, 0.4) is 0 Å². The molecule has 0 radical (unpaired) electrons. The number of benzene rings is 8. The molecule has 2 atom stereocenters. The van der Waals surface area contributed by atoms with Crippen molar-refractivity contribution in [2.75, 3.05) is 0 Å². The minimum absolute atomic E-state index is 0.588. The molecule has 3 aromatic heterocycles. The van der Waals surface area contributed by atoms with Crippen LogP contribution in [-0.4, -0.2) is 8.97 Å². The van der Waals surface area contributed by atoms with Gasteiger partial charge in [0.1, 0.15) is 0 Å². The molecule has 0 saturated heterocycles. The highest BCUT2D eigenvalue weighted by atomic mass is 15.0. The molecule has 11 aromatic rings. The normalized spacial score (nSPS) is 16.7. The number of hydrogen-bond donors (Lipinski definition) is 0. The van der Waals surface area contributed by atoms with Gasteiger partial charge in [-0.2, -0.15) is 0 Å². The molecule has 0 aliphatic heterocycles. The predicted molar refractivity (Wildman–Crippen MR) is 233 cm³/mol. The fourth-order valence-electron chi connectivity index (χ4n) is 10.3. The number of nitrogens with zero attached hydrogens (tertiary/aromatic N) is 2. The van der Waals surface area contributed by atoms with Crippen molar-refractivity contribution in [3.05, 3.63) is 188 Å². The second-order valence-corrected chi connectivity index (χ2v) is 15.6. The zero-order valence-electron chi connectivity index (χ0n) is 30.1. The molecule has 2 unspecified atom stereocenters. The van der Waals surface area contributed by atoms with E-state index in [2.05, 4.69) is 191 Å². The fourth-order valence-corrected chi connectivity index (χ4v) is 10.3. The molecule has 0 spiro atoms. The Morgan fingerprint density at radius 3 is 1.87 bits per heavy atom. The molecular formula is C53H34N2. The maximum atomic E-state index is 2.58. The van der Waals surface area contributed by atoms with Gasteiger partial charge in [0.2, 0.25) is 0 Å². The van der Waals surface area contributed by atoms with Gasteiger partial charge in [-0.15, -0.1) is 0 Å². The van der Waals surface area contributed by atoms with Crippen LogP contribution in [-0.2, 0) is 0 Å². The number of fused-ring (bicyclic) bond motifs is 14. The summed E-state index contributed by atoms with van der Waals surface area (Å²) in [6.07, 6.45) is 8.27. The van der Waals surface area contributed by atoms with Crippen LogP contribution in [0.4, 0.5) is 0 Å². The Morgan fingerprint density at radius 1 is 0.436 bits per heavy atom. The van der Waals surface area contributed by atoms with Crippen LogP contribution >= 0.6 is 0 Å². The highest BCUT2D eigenvalue weighted by Gasteiger charge is 2.39. The van der Waals surface area contributed by atoms with Gasteiger partial charge in [0.25, 0.3) is 0 Å². The Morgan fingerprint density at radius 2 is 1.04 bits per heavy atom. The Hall–Kier alpha value is -6.90. The first-order valence-electron chi connectivity index (χ1n) is 19.5. The molecule has 2 aliphatic rings. The van der Waals surface area contributed by atoms with Gasteiger partial charge >= 0.3 is 0 Å². The van der Waals surface area contributed by atoms with Crippen LogP contribution in [0.1, 0.15) is 12.0 Å². The Balaban J connectivity index is 1.20. The van der Waals surface area contributed by atoms with Crippen molar-refractivity contribution in [1.29, 1.82) is 0 Å². The van der Waals surface area contributed by atoms with E-state index in [0.29, 0.717) is 11.8 Å². The molecular weight excluding hydrogens is 665 g/mol. The molecule has 1 saturated carbocycles. The minimum atomic E-state index is 0.588. The van der Waals surface area contributed by atoms with E-state index in [1.54, 1.807) is 0 Å². The highest BCUT2D eigenvalue weighted by Crippen LogP contribution is 2.53. The molecule has 2 nitrogen and oxygen atoms in total. The number of rotatable bonds is 4. The molecule has 0 amide bonds. The summed E-state index contributed by atoms with van der Waals surface area (Å²) in [5.41, 5.74) is 15.3. The average Bonchev–Trinajstić information content (AvgIpc) is 3.72. The van der Waals surface area contributed by atoms with Gasteiger partial charge in [-0.1, -0.05) is 152 Å². The molecule has 13 rings (SSSR count). The minimum Gasteiger partial charge on any atom is -0.309 e. The van der Waals surface area contributed by atoms with Crippen molar-refractivity contribution in [2.45, 2.75) is 6.42 Å². The fraction of sp³-hybridized carbons (Fsp3) is 0.0566. The van der Waals surface area contributed by atoms with Crippen molar-refractivity contribution in [3.8, 4) is 27.9 Å². The van der Waals surface area contributed by atoms with Gasteiger partial charge in [0.05, 0.1) is 27.6 Å². The third-order valence-electron chi connectivity index (χ3n) is 12.7. The quantitative estimate of drug-likeness (QED) is 0.173. The first kappa shape index (κ1) is 29.5. The topological polar surface area (TPSA) is 9.34 Å². The highest BCUT2D eigenvalue weighted by molar-refractivity contribution is 6.39. The largest absolute Gasteiger partial charge is 0.309 e. The Labute approximate surface area is 317 Å². The van der Waals surface area contributed by atoms with Gasteiger partial charge in [0.15, 0.2) is 0 Å². The monoisotopic (exact) mass is 698 g/mol. The number of aromatic nitrogens is 2. The molecule has 1 fully saturated rings. The molecule has 2 aliphatic carbocycles. The number of hydrogen-bond acceptors (Lipinski definition) is 0. The first-order valence-corrected chi connectivity index (χ1v) is 19.5. The van der Waals surface area contributed by atoms with Crippen molar-refractivity contribution in [3.63, 3.8) is 0 Å². The van der Waals surface area contributed by atoms with Crippen LogP contribution < -0.4 is 0 Å².